The van der Waals surface area contributed by atoms with E-state index in [4.69, 9.17) is 4.74 Å². The number of carbonyl (C=O) groups is 2. The third-order valence-electron chi connectivity index (χ3n) is 4.90. The number of aromatic nitrogens is 3. The predicted molar refractivity (Wildman–Crippen MR) is 115 cm³/mol. The summed E-state index contributed by atoms with van der Waals surface area (Å²) >= 11 is 0. The topological polar surface area (TPSA) is 98.1 Å². The minimum Gasteiger partial charge on any atom is -0.463 e. The fraction of sp³-hybridized carbons (Fsp3) is 0.217. The van der Waals surface area contributed by atoms with Crippen LogP contribution in [0.3, 0.4) is 0 Å². The highest BCUT2D eigenvalue weighted by atomic mass is 16.5. The molecule has 2 aromatic carbocycles. The molecular weight excluding hydrogens is 394 g/mol. The summed E-state index contributed by atoms with van der Waals surface area (Å²) in [6, 6.07) is 18.0. The number of hydrogen-bond donors (Lipinski definition) is 2. The van der Waals surface area contributed by atoms with Crippen molar-refractivity contribution >= 4 is 12.0 Å². The fourth-order valence-electron chi connectivity index (χ4n) is 3.60. The molecule has 1 atom stereocenters. The minimum absolute atomic E-state index is 0.163. The lowest BCUT2D eigenvalue weighted by atomic mass is 9.95. The number of allylic oxidation sites excluding steroid dienone is 1. The number of nitrogens with zero attached hydrogens (tertiary/aromatic N) is 3. The first-order chi connectivity index (χ1) is 15.1. The Morgan fingerprint density at radius 1 is 1.10 bits per heavy atom. The van der Waals surface area contributed by atoms with Gasteiger partial charge in [0.05, 0.1) is 30.5 Å². The summed E-state index contributed by atoms with van der Waals surface area (Å²) in [5, 5.41) is 10.1. The van der Waals surface area contributed by atoms with Crippen molar-refractivity contribution < 1.29 is 14.3 Å². The van der Waals surface area contributed by atoms with Crippen molar-refractivity contribution in [3.05, 3.63) is 83.3 Å². The van der Waals surface area contributed by atoms with Gasteiger partial charge in [-0.1, -0.05) is 60.7 Å². The highest BCUT2D eigenvalue weighted by Crippen LogP contribution is 2.29. The maximum atomic E-state index is 12.9. The lowest BCUT2D eigenvalue weighted by Gasteiger charge is -2.29. The van der Waals surface area contributed by atoms with E-state index in [0.717, 1.165) is 11.1 Å². The van der Waals surface area contributed by atoms with E-state index in [0.29, 0.717) is 22.9 Å². The maximum absolute atomic E-state index is 12.9. The number of esters is 1. The molecule has 3 aromatic rings. The van der Waals surface area contributed by atoms with Crippen molar-refractivity contribution in [2.75, 3.05) is 6.61 Å². The first-order valence-corrected chi connectivity index (χ1v) is 10.1. The van der Waals surface area contributed by atoms with Crippen molar-refractivity contribution in [3.63, 3.8) is 0 Å². The molecule has 1 aliphatic rings. The van der Waals surface area contributed by atoms with Gasteiger partial charge in [-0.25, -0.2) is 19.3 Å². The van der Waals surface area contributed by atoms with E-state index in [1.165, 1.54) is 0 Å². The first-order valence-electron chi connectivity index (χ1n) is 10.1. The first kappa shape index (κ1) is 20.3. The van der Waals surface area contributed by atoms with Crippen molar-refractivity contribution in [3.8, 4) is 11.4 Å². The van der Waals surface area contributed by atoms with Crippen LogP contribution in [0.1, 0.15) is 24.4 Å². The number of amides is 2. The number of hydrogen-bond acceptors (Lipinski definition) is 5. The summed E-state index contributed by atoms with van der Waals surface area (Å²) in [7, 11) is 0. The number of carbonyl (C=O) groups excluding carboxylic acids is 2. The SMILES string of the molecule is CCOC(=O)C1=C(Cn2nc(C)nc2-c2ccccc2)NC(=O)NC1c1ccccc1. The Kier molecular flexibility index (Phi) is 5.79. The Balaban J connectivity index is 1.80. The van der Waals surface area contributed by atoms with Gasteiger partial charge in [-0.15, -0.1) is 0 Å². The average molecular weight is 417 g/mol. The minimum atomic E-state index is -0.631. The standard InChI is InChI=1S/C23H23N5O3/c1-3-31-22(29)19-18(25-23(30)26-20(19)16-10-6-4-7-11-16)14-28-21(24-15(2)27-28)17-12-8-5-9-13-17/h4-13,20H,3,14H2,1-2H3,(H2,25,26,30). The molecular formula is C23H23N5O3. The van der Waals surface area contributed by atoms with Crippen LogP contribution in [0.4, 0.5) is 4.79 Å². The van der Waals surface area contributed by atoms with Gasteiger partial charge in [0.1, 0.15) is 5.82 Å². The van der Waals surface area contributed by atoms with Crippen molar-refractivity contribution in [1.82, 2.24) is 25.4 Å². The highest BCUT2D eigenvalue weighted by Gasteiger charge is 2.34. The van der Waals surface area contributed by atoms with Gasteiger partial charge in [-0.3, -0.25) is 0 Å². The molecule has 2 heterocycles. The van der Waals surface area contributed by atoms with Gasteiger partial charge in [0.25, 0.3) is 0 Å². The largest absolute Gasteiger partial charge is 0.463 e. The molecule has 8 heteroatoms. The molecule has 2 amide bonds. The highest BCUT2D eigenvalue weighted by molar-refractivity contribution is 5.95. The molecule has 1 aromatic heterocycles. The maximum Gasteiger partial charge on any atom is 0.338 e. The molecule has 0 saturated heterocycles. The van der Waals surface area contributed by atoms with Gasteiger partial charge in [0.2, 0.25) is 0 Å². The number of urea groups is 1. The number of rotatable bonds is 6. The Morgan fingerprint density at radius 2 is 1.77 bits per heavy atom. The number of ether oxygens (including phenoxy) is 1. The molecule has 1 unspecified atom stereocenters. The van der Waals surface area contributed by atoms with Crippen LogP contribution in [0.5, 0.6) is 0 Å². The van der Waals surface area contributed by atoms with Gasteiger partial charge >= 0.3 is 12.0 Å². The average Bonchev–Trinajstić information content (AvgIpc) is 3.14. The quantitative estimate of drug-likeness (QED) is 0.601. The summed E-state index contributed by atoms with van der Waals surface area (Å²) in [5.74, 6) is 0.756. The number of nitrogens with one attached hydrogen (secondary N) is 2. The second-order valence-corrected chi connectivity index (χ2v) is 7.06. The lowest BCUT2D eigenvalue weighted by Crippen LogP contribution is -2.47. The second-order valence-electron chi connectivity index (χ2n) is 7.06. The Morgan fingerprint density at radius 3 is 2.45 bits per heavy atom. The number of aryl methyl sites for hydroxylation is 1. The van der Waals surface area contributed by atoms with Gasteiger partial charge in [0, 0.05) is 5.56 Å². The van der Waals surface area contributed by atoms with Crippen LogP contribution in [0.25, 0.3) is 11.4 Å². The molecule has 0 radical (unpaired) electrons. The van der Waals surface area contributed by atoms with Gasteiger partial charge < -0.3 is 15.4 Å². The van der Waals surface area contributed by atoms with E-state index in [9.17, 15) is 9.59 Å². The zero-order chi connectivity index (χ0) is 21.8. The van der Waals surface area contributed by atoms with Crippen LogP contribution in [-0.4, -0.2) is 33.4 Å². The molecule has 0 fully saturated rings. The summed E-state index contributed by atoms with van der Waals surface area (Å²) in [5.41, 5.74) is 2.45. The molecule has 4 rings (SSSR count). The van der Waals surface area contributed by atoms with E-state index >= 15 is 0 Å². The monoisotopic (exact) mass is 417 g/mol. The summed E-state index contributed by atoms with van der Waals surface area (Å²) in [6.07, 6.45) is 0. The van der Waals surface area contributed by atoms with Crippen LogP contribution < -0.4 is 10.6 Å². The molecule has 158 valence electrons. The Labute approximate surface area is 179 Å². The van der Waals surface area contributed by atoms with Gasteiger partial charge in [-0.05, 0) is 19.4 Å². The van der Waals surface area contributed by atoms with E-state index in [1.54, 1.807) is 18.5 Å². The smallest absolute Gasteiger partial charge is 0.338 e. The molecule has 2 N–H and O–H groups in total. The molecule has 0 aliphatic carbocycles. The summed E-state index contributed by atoms with van der Waals surface area (Å²) in [4.78, 5) is 29.9. The van der Waals surface area contributed by atoms with E-state index in [2.05, 4.69) is 20.7 Å². The zero-order valence-corrected chi connectivity index (χ0v) is 17.3. The van der Waals surface area contributed by atoms with E-state index < -0.39 is 18.0 Å². The molecule has 0 bridgehead atoms. The van der Waals surface area contributed by atoms with Crippen LogP contribution in [0.15, 0.2) is 71.9 Å². The molecule has 8 nitrogen and oxygen atoms in total. The fourth-order valence-corrected chi connectivity index (χ4v) is 3.60. The summed E-state index contributed by atoms with van der Waals surface area (Å²) in [6.45, 7) is 3.94. The van der Waals surface area contributed by atoms with Crippen LogP contribution in [0.2, 0.25) is 0 Å². The lowest BCUT2D eigenvalue weighted by molar-refractivity contribution is -0.139. The van der Waals surface area contributed by atoms with Crippen molar-refractivity contribution in [2.45, 2.75) is 26.4 Å². The molecule has 1 aliphatic heterocycles. The van der Waals surface area contributed by atoms with Gasteiger partial charge in [0.15, 0.2) is 5.82 Å². The molecule has 0 spiro atoms. The van der Waals surface area contributed by atoms with E-state index in [1.807, 2.05) is 60.7 Å². The second kappa shape index (κ2) is 8.83. The Bertz CT molecular complexity index is 1120. The van der Waals surface area contributed by atoms with Crippen molar-refractivity contribution in [2.24, 2.45) is 0 Å². The normalized spacial score (nSPS) is 15.9. The third kappa shape index (κ3) is 4.32. The van der Waals surface area contributed by atoms with Crippen molar-refractivity contribution in [1.29, 1.82) is 0 Å². The summed E-state index contributed by atoms with van der Waals surface area (Å²) < 4.78 is 7.01. The molecule has 31 heavy (non-hydrogen) atoms. The van der Waals surface area contributed by atoms with Crippen LogP contribution in [-0.2, 0) is 16.1 Å². The Hall–Kier alpha value is -3.94. The van der Waals surface area contributed by atoms with E-state index in [-0.39, 0.29) is 13.2 Å². The zero-order valence-electron chi connectivity index (χ0n) is 17.3. The van der Waals surface area contributed by atoms with Crippen LogP contribution >= 0.6 is 0 Å². The number of benzene rings is 2. The molecule has 0 saturated carbocycles. The van der Waals surface area contributed by atoms with Crippen LogP contribution in [0, 0.1) is 6.92 Å². The third-order valence-corrected chi connectivity index (χ3v) is 4.90. The van der Waals surface area contributed by atoms with Gasteiger partial charge in [-0.2, -0.15) is 5.10 Å². The predicted octanol–water partition coefficient (Wildman–Crippen LogP) is 3.12.